The van der Waals surface area contributed by atoms with Crippen molar-refractivity contribution in [3.63, 3.8) is 0 Å². The first-order valence-corrected chi connectivity index (χ1v) is 5.31. The van der Waals surface area contributed by atoms with Gasteiger partial charge in [-0.05, 0) is 12.0 Å². The van der Waals surface area contributed by atoms with Crippen LogP contribution in [-0.4, -0.2) is 0 Å². The normalized spacial score (nSPS) is 26.2. The summed E-state index contributed by atoms with van der Waals surface area (Å²) in [5.74, 6) is 0. The van der Waals surface area contributed by atoms with Crippen molar-refractivity contribution in [3.8, 4) is 0 Å². The smallest absolute Gasteiger partial charge is 0.0260 e. The van der Waals surface area contributed by atoms with Crippen LogP contribution in [0.2, 0.25) is 0 Å². The van der Waals surface area contributed by atoms with E-state index in [1.165, 1.54) is 24.8 Å². The van der Waals surface area contributed by atoms with Crippen molar-refractivity contribution in [2.75, 3.05) is 0 Å². The average molecular weight is 186 g/mol. The summed E-state index contributed by atoms with van der Waals surface area (Å²) in [6.07, 6.45) is 22.7. The Morgan fingerprint density at radius 2 is 1.86 bits per heavy atom. The summed E-state index contributed by atoms with van der Waals surface area (Å²) in [4.78, 5) is 0. The van der Waals surface area contributed by atoms with Gasteiger partial charge in [-0.15, -0.1) is 0 Å². The van der Waals surface area contributed by atoms with Gasteiger partial charge in [-0.2, -0.15) is 0 Å². The van der Waals surface area contributed by atoms with E-state index in [2.05, 4.69) is 43.4 Å². The van der Waals surface area contributed by atoms with Crippen molar-refractivity contribution in [2.45, 2.75) is 26.2 Å². The minimum Gasteiger partial charge on any atom is -0.0839 e. The van der Waals surface area contributed by atoms with Crippen molar-refractivity contribution in [1.29, 1.82) is 0 Å². The van der Waals surface area contributed by atoms with E-state index >= 15 is 0 Å². The van der Waals surface area contributed by atoms with Crippen LogP contribution in [-0.2, 0) is 0 Å². The average Bonchev–Trinajstić information content (AvgIpc) is 2.15. The minimum atomic E-state index is 1.18. The molecule has 0 N–H and O–H groups in total. The van der Waals surface area contributed by atoms with Gasteiger partial charge in [0, 0.05) is 0 Å². The molecule has 0 atom stereocenters. The number of hydrogen-bond donors (Lipinski definition) is 0. The fourth-order valence-corrected chi connectivity index (χ4v) is 1.23. The molecule has 0 saturated heterocycles. The molecule has 0 radical (unpaired) electrons. The van der Waals surface area contributed by atoms with E-state index in [1.54, 1.807) is 0 Å². The van der Waals surface area contributed by atoms with Gasteiger partial charge in [0.1, 0.15) is 0 Å². The highest BCUT2D eigenvalue weighted by Crippen LogP contribution is 2.05. The molecule has 14 heavy (non-hydrogen) atoms. The summed E-state index contributed by atoms with van der Waals surface area (Å²) in [6, 6.07) is 0. The molecule has 0 spiro atoms. The second-order valence-corrected chi connectivity index (χ2v) is 3.34. The van der Waals surface area contributed by atoms with Crippen molar-refractivity contribution < 1.29 is 0 Å². The van der Waals surface area contributed by atoms with E-state index in [0.29, 0.717) is 0 Å². The predicted molar refractivity (Wildman–Crippen MR) is 64.2 cm³/mol. The summed E-state index contributed by atoms with van der Waals surface area (Å²) in [7, 11) is 0. The monoisotopic (exact) mass is 186 g/mol. The van der Waals surface area contributed by atoms with Gasteiger partial charge in [-0.25, -0.2) is 0 Å². The topological polar surface area (TPSA) is 0 Å². The first-order valence-electron chi connectivity index (χ1n) is 5.31. The Bertz CT molecular complexity index is 285. The summed E-state index contributed by atoms with van der Waals surface area (Å²) in [5.41, 5.74) is 1.27. The molecule has 0 aromatic carbocycles. The molecule has 1 aliphatic carbocycles. The second-order valence-electron chi connectivity index (χ2n) is 3.34. The zero-order chi connectivity index (χ0) is 10.1. The van der Waals surface area contributed by atoms with Crippen LogP contribution in [0, 0.1) is 0 Å². The van der Waals surface area contributed by atoms with E-state index in [9.17, 15) is 0 Å². The quantitative estimate of drug-likeness (QED) is 0.573. The summed E-state index contributed by atoms with van der Waals surface area (Å²) in [6.45, 7) is 2.22. The van der Waals surface area contributed by atoms with Gasteiger partial charge in [0.15, 0.2) is 0 Å². The van der Waals surface area contributed by atoms with Crippen LogP contribution in [0.3, 0.4) is 0 Å². The first kappa shape index (κ1) is 10.8. The van der Waals surface area contributed by atoms with Crippen LogP contribution >= 0.6 is 0 Å². The molecule has 0 nitrogen and oxygen atoms in total. The molecule has 0 saturated carbocycles. The third kappa shape index (κ3) is 4.66. The summed E-state index contributed by atoms with van der Waals surface area (Å²) >= 11 is 0. The number of allylic oxidation sites excluding steroid dienone is 10. The zero-order valence-electron chi connectivity index (χ0n) is 8.82. The molecule has 74 valence electrons. The molecule has 0 bridgehead atoms. The Balaban J connectivity index is 2.46. The molecule has 0 heteroatoms. The Hall–Kier alpha value is -1.30. The fourth-order valence-electron chi connectivity index (χ4n) is 1.23. The van der Waals surface area contributed by atoms with Gasteiger partial charge in [-0.3, -0.25) is 0 Å². The van der Waals surface area contributed by atoms with Gasteiger partial charge >= 0.3 is 0 Å². The van der Waals surface area contributed by atoms with E-state index < -0.39 is 0 Å². The van der Waals surface area contributed by atoms with Crippen molar-refractivity contribution >= 4 is 0 Å². The lowest BCUT2D eigenvalue weighted by atomic mass is 10.1. The maximum Gasteiger partial charge on any atom is -0.0260 e. The summed E-state index contributed by atoms with van der Waals surface area (Å²) in [5, 5.41) is 0. The largest absolute Gasteiger partial charge is 0.0839 e. The number of hydrogen-bond acceptors (Lipinski definition) is 0. The maximum atomic E-state index is 2.25. The number of rotatable bonds is 4. The van der Waals surface area contributed by atoms with Crippen LogP contribution in [0.5, 0.6) is 0 Å². The Morgan fingerprint density at radius 1 is 1.07 bits per heavy atom. The molecule has 0 unspecified atom stereocenters. The standard InChI is InChI=1S/C14H18/c1-2-3-4-8-11-14-12-9-6-5-7-10-13-14/h5-13H,2-4H2,1H3/b6-5-,7-5?,9-6?,10-7-,11-8?,12-9-,13-10?,14-12?,14-13-. The van der Waals surface area contributed by atoms with Gasteiger partial charge in [0.25, 0.3) is 0 Å². The van der Waals surface area contributed by atoms with Gasteiger partial charge in [0.2, 0.25) is 0 Å². The van der Waals surface area contributed by atoms with E-state index in [0.717, 1.165) is 0 Å². The lowest BCUT2D eigenvalue weighted by molar-refractivity contribution is 0.814. The molecular formula is C14H18. The lowest BCUT2D eigenvalue weighted by Crippen LogP contribution is -1.73. The van der Waals surface area contributed by atoms with Crippen LogP contribution in [0.1, 0.15) is 26.2 Å². The highest BCUT2D eigenvalue weighted by atomic mass is 13.9. The van der Waals surface area contributed by atoms with Crippen LogP contribution in [0.4, 0.5) is 0 Å². The molecule has 0 aromatic heterocycles. The molecule has 1 rings (SSSR count). The van der Waals surface area contributed by atoms with Crippen LogP contribution < -0.4 is 0 Å². The van der Waals surface area contributed by atoms with Gasteiger partial charge in [0.05, 0.1) is 0 Å². The van der Waals surface area contributed by atoms with Crippen molar-refractivity contribution in [2.24, 2.45) is 0 Å². The Morgan fingerprint density at radius 3 is 2.71 bits per heavy atom. The van der Waals surface area contributed by atoms with Gasteiger partial charge in [-0.1, -0.05) is 74.4 Å². The molecule has 0 aromatic rings. The fraction of sp³-hybridized carbons (Fsp3) is 0.286. The van der Waals surface area contributed by atoms with E-state index in [-0.39, 0.29) is 0 Å². The highest BCUT2D eigenvalue weighted by Gasteiger charge is 1.84. The molecule has 0 amide bonds. The third-order valence-corrected chi connectivity index (χ3v) is 2.06. The van der Waals surface area contributed by atoms with Gasteiger partial charge < -0.3 is 0 Å². The maximum absolute atomic E-state index is 2.25. The van der Waals surface area contributed by atoms with Crippen molar-refractivity contribution in [1.82, 2.24) is 0 Å². The number of unbranched alkanes of at least 4 members (excludes halogenated alkanes) is 2. The zero-order valence-corrected chi connectivity index (χ0v) is 8.82. The lowest BCUT2D eigenvalue weighted by Gasteiger charge is -1.94. The van der Waals surface area contributed by atoms with E-state index in [1.807, 2.05) is 18.2 Å². The Labute approximate surface area is 87.0 Å². The molecular weight excluding hydrogens is 168 g/mol. The Kier molecular flexibility index (Phi) is 5.49. The first-order chi connectivity index (χ1) is 6.93. The SMILES string of the molecule is CCCCC=CC1=C/C=C\C=C/C=C\1. The van der Waals surface area contributed by atoms with Crippen LogP contribution in [0.25, 0.3) is 0 Å². The third-order valence-electron chi connectivity index (χ3n) is 2.06. The highest BCUT2D eigenvalue weighted by molar-refractivity contribution is 5.37. The summed E-state index contributed by atoms with van der Waals surface area (Å²) < 4.78 is 0. The molecule has 0 heterocycles. The predicted octanol–water partition coefficient (Wildman–Crippen LogP) is 4.34. The minimum absolute atomic E-state index is 1.18. The van der Waals surface area contributed by atoms with E-state index in [4.69, 9.17) is 0 Å². The molecule has 1 aliphatic rings. The second kappa shape index (κ2) is 7.14. The molecule has 0 aliphatic heterocycles. The van der Waals surface area contributed by atoms with Crippen LogP contribution in [0.15, 0.2) is 60.3 Å². The van der Waals surface area contributed by atoms with Crippen molar-refractivity contribution in [3.05, 3.63) is 60.3 Å². The molecule has 0 fully saturated rings.